The van der Waals surface area contributed by atoms with Crippen molar-refractivity contribution in [2.24, 2.45) is 5.92 Å². The van der Waals surface area contributed by atoms with Crippen molar-refractivity contribution in [1.82, 2.24) is 0 Å². The fourth-order valence-electron chi connectivity index (χ4n) is 4.18. The summed E-state index contributed by atoms with van der Waals surface area (Å²) in [6.45, 7) is 0. The number of ether oxygens (including phenoxy) is 2. The number of methoxy groups -OCH3 is 2. The maximum absolute atomic E-state index is 14.1. The molecule has 0 radical (unpaired) electrons. The average Bonchev–Trinajstić information content (AvgIpc) is 2.69. The largest absolute Gasteiger partial charge is 0.507 e. The molecule has 1 unspecified atom stereocenters. The Hall–Kier alpha value is -3.22. The second kappa shape index (κ2) is 6.44. The fraction of sp³-hybridized carbons (Fsp3) is 0.286. The number of phenolic OH excluding ortho intramolecular Hbond substituents is 1. The van der Waals surface area contributed by atoms with Crippen LogP contribution in [0.2, 0.25) is 0 Å². The van der Waals surface area contributed by atoms with Gasteiger partial charge in [-0.1, -0.05) is 0 Å². The summed E-state index contributed by atoms with van der Waals surface area (Å²) in [5, 5.41) is 10.5. The van der Waals surface area contributed by atoms with Gasteiger partial charge in [-0.25, -0.2) is 4.39 Å². The molecule has 0 amide bonds. The first-order valence-electron chi connectivity index (χ1n) is 8.80. The monoisotopic (exact) mass is 384 g/mol. The second-order valence-corrected chi connectivity index (χ2v) is 6.91. The van der Waals surface area contributed by atoms with Crippen LogP contribution in [-0.4, -0.2) is 36.9 Å². The molecule has 0 bridgehead atoms. The predicted molar refractivity (Wildman–Crippen MR) is 95.5 cm³/mol. The number of esters is 1. The van der Waals surface area contributed by atoms with Gasteiger partial charge in [0, 0.05) is 11.1 Å². The van der Waals surface area contributed by atoms with Crippen molar-refractivity contribution in [3.8, 4) is 11.5 Å². The first-order valence-corrected chi connectivity index (χ1v) is 8.80. The van der Waals surface area contributed by atoms with E-state index in [2.05, 4.69) is 0 Å². The average molecular weight is 384 g/mol. The molecule has 7 heteroatoms. The highest BCUT2D eigenvalue weighted by molar-refractivity contribution is 6.30. The van der Waals surface area contributed by atoms with E-state index < -0.39 is 23.3 Å². The molecule has 1 N–H and O–H groups in total. The van der Waals surface area contributed by atoms with Gasteiger partial charge in [0.2, 0.25) is 5.78 Å². The van der Waals surface area contributed by atoms with Gasteiger partial charge in [-0.15, -0.1) is 0 Å². The molecule has 144 valence electrons. The summed E-state index contributed by atoms with van der Waals surface area (Å²) in [6.07, 6.45) is 1.23. The lowest BCUT2D eigenvalue weighted by atomic mass is 9.74. The summed E-state index contributed by atoms with van der Waals surface area (Å²) in [7, 11) is 2.51. The lowest BCUT2D eigenvalue weighted by Crippen LogP contribution is -2.29. The number of aryl methyl sites for hydroxylation is 1. The van der Waals surface area contributed by atoms with Crippen molar-refractivity contribution in [3.05, 3.63) is 57.4 Å². The Morgan fingerprint density at radius 1 is 1.14 bits per heavy atom. The van der Waals surface area contributed by atoms with E-state index in [0.29, 0.717) is 18.4 Å². The molecule has 2 aliphatic carbocycles. The number of hydrogen-bond acceptors (Lipinski definition) is 6. The van der Waals surface area contributed by atoms with Crippen molar-refractivity contribution in [1.29, 1.82) is 0 Å². The Bertz CT molecular complexity index is 1060. The van der Waals surface area contributed by atoms with Gasteiger partial charge >= 0.3 is 5.97 Å². The third-order valence-corrected chi connectivity index (χ3v) is 5.49. The van der Waals surface area contributed by atoms with Crippen molar-refractivity contribution in [2.45, 2.75) is 19.3 Å². The van der Waals surface area contributed by atoms with E-state index in [1.165, 1.54) is 26.4 Å². The summed E-state index contributed by atoms with van der Waals surface area (Å²) in [4.78, 5) is 38.4. The highest BCUT2D eigenvalue weighted by Gasteiger charge is 2.40. The van der Waals surface area contributed by atoms with E-state index >= 15 is 0 Å². The third kappa shape index (κ3) is 2.42. The first-order chi connectivity index (χ1) is 13.4. The van der Waals surface area contributed by atoms with Crippen LogP contribution in [0.4, 0.5) is 4.39 Å². The highest BCUT2D eigenvalue weighted by atomic mass is 19.1. The molecule has 0 saturated carbocycles. The van der Waals surface area contributed by atoms with Crippen molar-refractivity contribution in [3.63, 3.8) is 0 Å². The molecular weight excluding hydrogens is 367 g/mol. The second-order valence-electron chi connectivity index (χ2n) is 6.91. The van der Waals surface area contributed by atoms with Crippen LogP contribution in [0, 0.1) is 11.7 Å². The molecular formula is C21H17FO6. The molecule has 0 aliphatic heterocycles. The summed E-state index contributed by atoms with van der Waals surface area (Å²) in [5.41, 5.74) is 0.997. The number of aromatic hydroxyl groups is 1. The van der Waals surface area contributed by atoms with Crippen LogP contribution >= 0.6 is 0 Å². The zero-order valence-electron chi connectivity index (χ0n) is 15.3. The van der Waals surface area contributed by atoms with Crippen LogP contribution in [0.1, 0.15) is 49.4 Å². The molecule has 28 heavy (non-hydrogen) atoms. The molecule has 0 spiro atoms. The van der Waals surface area contributed by atoms with Crippen LogP contribution < -0.4 is 4.74 Å². The van der Waals surface area contributed by atoms with Gasteiger partial charge in [0.1, 0.15) is 5.75 Å². The molecule has 2 aliphatic rings. The standard InChI is InChI=1S/C21H17FO6/c1-27-20-13(22)6-5-11-16(20)19(25)17-14(23)8-9-3-4-10(21(26)28-2)7-12(9)15(17)18(11)24/h5-6,8,10,23H,3-4,7H2,1-2H3. The Balaban J connectivity index is 1.95. The van der Waals surface area contributed by atoms with Crippen molar-refractivity contribution in [2.75, 3.05) is 14.2 Å². The topological polar surface area (TPSA) is 89.9 Å². The lowest BCUT2D eigenvalue weighted by molar-refractivity contribution is -0.145. The number of carbonyl (C=O) groups excluding carboxylic acids is 3. The van der Waals surface area contributed by atoms with E-state index in [4.69, 9.17) is 9.47 Å². The van der Waals surface area contributed by atoms with Crippen LogP contribution in [-0.2, 0) is 22.4 Å². The quantitative estimate of drug-likeness (QED) is 0.683. The van der Waals surface area contributed by atoms with Crippen LogP contribution in [0.5, 0.6) is 11.5 Å². The van der Waals surface area contributed by atoms with E-state index in [1.54, 1.807) is 0 Å². The first kappa shape index (κ1) is 18.2. The number of phenols is 1. The zero-order chi connectivity index (χ0) is 20.2. The van der Waals surface area contributed by atoms with Gasteiger partial charge in [-0.3, -0.25) is 14.4 Å². The number of benzene rings is 2. The van der Waals surface area contributed by atoms with Gasteiger partial charge in [0.15, 0.2) is 17.3 Å². The number of carbonyl (C=O) groups is 3. The molecule has 1 atom stereocenters. The molecule has 2 aromatic rings. The van der Waals surface area contributed by atoms with Crippen LogP contribution in [0.3, 0.4) is 0 Å². The Morgan fingerprint density at radius 2 is 1.89 bits per heavy atom. The number of halogens is 1. The predicted octanol–water partition coefficient (Wildman–Crippen LogP) is 2.59. The normalized spacial score (nSPS) is 17.5. The van der Waals surface area contributed by atoms with Gasteiger partial charge in [-0.2, -0.15) is 0 Å². The Labute approximate surface area is 159 Å². The molecule has 2 aromatic carbocycles. The molecule has 4 rings (SSSR count). The molecule has 6 nitrogen and oxygen atoms in total. The Morgan fingerprint density at radius 3 is 2.57 bits per heavy atom. The number of hydrogen-bond donors (Lipinski definition) is 1. The van der Waals surface area contributed by atoms with Crippen LogP contribution in [0.25, 0.3) is 0 Å². The SMILES string of the molecule is COC(=O)C1CCc2cc(O)c3c(c2C1)C(=O)c1ccc(F)c(OC)c1C3=O. The van der Waals surface area contributed by atoms with Gasteiger partial charge in [0.05, 0.1) is 31.3 Å². The number of rotatable bonds is 2. The van der Waals surface area contributed by atoms with Gasteiger partial charge < -0.3 is 14.6 Å². The molecule has 0 fully saturated rings. The molecule has 0 aromatic heterocycles. The number of fused-ring (bicyclic) bond motifs is 4. The maximum atomic E-state index is 14.1. The third-order valence-electron chi connectivity index (χ3n) is 5.49. The van der Waals surface area contributed by atoms with Gasteiger partial charge in [-0.05, 0) is 48.6 Å². The van der Waals surface area contributed by atoms with E-state index in [9.17, 15) is 23.9 Å². The lowest BCUT2D eigenvalue weighted by Gasteiger charge is -2.29. The van der Waals surface area contributed by atoms with E-state index in [0.717, 1.165) is 11.6 Å². The minimum Gasteiger partial charge on any atom is -0.507 e. The van der Waals surface area contributed by atoms with Gasteiger partial charge in [0.25, 0.3) is 0 Å². The minimum atomic E-state index is -0.769. The fourth-order valence-corrected chi connectivity index (χ4v) is 4.18. The van der Waals surface area contributed by atoms with E-state index in [-0.39, 0.29) is 46.1 Å². The van der Waals surface area contributed by atoms with Crippen LogP contribution in [0.15, 0.2) is 18.2 Å². The summed E-state index contributed by atoms with van der Waals surface area (Å²) in [5.74, 6) is -3.42. The molecule has 0 saturated heterocycles. The van der Waals surface area contributed by atoms with Crippen molar-refractivity contribution >= 4 is 17.5 Å². The minimum absolute atomic E-state index is 0.0174. The van der Waals surface area contributed by atoms with Crippen molar-refractivity contribution < 1.29 is 33.4 Å². The number of ketones is 2. The highest BCUT2D eigenvalue weighted by Crippen LogP contribution is 2.42. The Kier molecular flexibility index (Phi) is 4.18. The summed E-state index contributed by atoms with van der Waals surface area (Å²) >= 11 is 0. The molecule has 0 heterocycles. The smallest absolute Gasteiger partial charge is 0.309 e. The summed E-state index contributed by atoms with van der Waals surface area (Å²) in [6, 6.07) is 3.76. The zero-order valence-corrected chi connectivity index (χ0v) is 15.3. The maximum Gasteiger partial charge on any atom is 0.309 e. The summed E-state index contributed by atoms with van der Waals surface area (Å²) < 4.78 is 23.9. The van der Waals surface area contributed by atoms with E-state index in [1.807, 2.05) is 0 Å².